The normalized spacial score (nSPS) is 17.9. The molecule has 29 heavy (non-hydrogen) atoms. The van der Waals surface area contributed by atoms with E-state index in [1.54, 1.807) is 7.11 Å². The molecule has 0 radical (unpaired) electrons. The number of epoxide rings is 1. The van der Waals surface area contributed by atoms with Crippen molar-refractivity contribution in [3.8, 4) is 11.6 Å². The Morgan fingerprint density at radius 1 is 1.07 bits per heavy atom. The van der Waals surface area contributed by atoms with Crippen LogP contribution in [0.3, 0.4) is 0 Å². The number of aromatic nitrogens is 3. The summed E-state index contributed by atoms with van der Waals surface area (Å²) in [6.07, 6.45) is 4.02. The largest absolute Gasteiger partial charge is 0.497 e. The van der Waals surface area contributed by atoms with Crippen LogP contribution in [0.2, 0.25) is 0 Å². The van der Waals surface area contributed by atoms with Crippen LogP contribution >= 0.6 is 0 Å². The van der Waals surface area contributed by atoms with E-state index in [9.17, 15) is 0 Å². The highest BCUT2D eigenvalue weighted by Crippen LogP contribution is 2.40. The third-order valence-corrected chi connectivity index (χ3v) is 6.25. The van der Waals surface area contributed by atoms with Gasteiger partial charge in [0.25, 0.3) is 0 Å². The van der Waals surface area contributed by atoms with E-state index >= 15 is 0 Å². The van der Waals surface area contributed by atoms with Gasteiger partial charge in [-0.25, -0.2) is 9.97 Å². The average Bonchev–Trinajstić information content (AvgIpc) is 3.39. The van der Waals surface area contributed by atoms with E-state index < -0.39 is 0 Å². The molecule has 4 aromatic rings. The van der Waals surface area contributed by atoms with Crippen LogP contribution in [0.5, 0.6) is 5.75 Å². The third-order valence-electron chi connectivity index (χ3n) is 6.25. The highest BCUT2D eigenvalue weighted by molar-refractivity contribution is 5.92. The summed E-state index contributed by atoms with van der Waals surface area (Å²) >= 11 is 0. The van der Waals surface area contributed by atoms with Crippen LogP contribution in [0, 0.1) is 0 Å². The van der Waals surface area contributed by atoms with Gasteiger partial charge in [0.1, 0.15) is 17.9 Å². The highest BCUT2D eigenvalue weighted by Gasteiger charge is 2.46. The van der Waals surface area contributed by atoms with Crippen LogP contribution in [0.4, 0.5) is 5.69 Å². The standard InChI is InChI=1S/C23H22N4O2/c1-28-17-6-7-19-18(13-17)24-15-27(19)21-8-5-16-3-2-4-20(22(16)25-21)26-11-9-23(10-12-26)14-29-23/h2-8,13,15H,9-12,14H2,1H3. The van der Waals surface area contributed by atoms with Crippen LogP contribution in [0.1, 0.15) is 12.8 Å². The molecule has 0 atom stereocenters. The molecular weight excluding hydrogens is 364 g/mol. The summed E-state index contributed by atoms with van der Waals surface area (Å²) in [6.45, 7) is 2.95. The Bertz CT molecular complexity index is 1220. The SMILES string of the molecule is COc1ccc2c(c1)ncn2-c1ccc2cccc(N3CCC4(CC3)CO4)c2n1. The minimum atomic E-state index is 0.177. The maximum absolute atomic E-state index is 5.67. The van der Waals surface area contributed by atoms with Gasteiger partial charge in [0, 0.05) is 24.5 Å². The smallest absolute Gasteiger partial charge is 0.139 e. The van der Waals surface area contributed by atoms with E-state index in [1.807, 2.05) is 29.1 Å². The zero-order valence-electron chi connectivity index (χ0n) is 16.3. The van der Waals surface area contributed by atoms with Crippen LogP contribution in [-0.2, 0) is 4.74 Å². The van der Waals surface area contributed by atoms with Gasteiger partial charge in [0.15, 0.2) is 0 Å². The van der Waals surface area contributed by atoms with Crippen molar-refractivity contribution in [1.29, 1.82) is 0 Å². The summed E-state index contributed by atoms with van der Waals surface area (Å²) in [4.78, 5) is 12.0. The fourth-order valence-electron chi connectivity index (χ4n) is 4.36. The molecule has 0 aliphatic carbocycles. The van der Waals surface area contributed by atoms with E-state index in [0.717, 1.165) is 66.0 Å². The number of hydrogen-bond donors (Lipinski definition) is 0. The second-order valence-electron chi connectivity index (χ2n) is 7.95. The topological polar surface area (TPSA) is 55.7 Å². The molecule has 4 heterocycles. The van der Waals surface area contributed by atoms with Crippen LogP contribution in [0.15, 0.2) is 54.9 Å². The minimum absolute atomic E-state index is 0.177. The molecule has 0 N–H and O–H groups in total. The summed E-state index contributed by atoms with van der Waals surface area (Å²) in [5, 5.41) is 1.15. The first-order valence-corrected chi connectivity index (χ1v) is 10.0. The first-order chi connectivity index (χ1) is 14.2. The maximum atomic E-state index is 5.67. The van der Waals surface area contributed by atoms with Gasteiger partial charge in [0.2, 0.25) is 0 Å². The van der Waals surface area contributed by atoms with Gasteiger partial charge >= 0.3 is 0 Å². The van der Waals surface area contributed by atoms with Crippen molar-refractivity contribution < 1.29 is 9.47 Å². The number of pyridine rings is 1. The van der Waals surface area contributed by atoms with Crippen molar-refractivity contribution in [2.24, 2.45) is 0 Å². The van der Waals surface area contributed by atoms with Crippen molar-refractivity contribution in [1.82, 2.24) is 14.5 Å². The van der Waals surface area contributed by atoms with Gasteiger partial charge in [-0.2, -0.15) is 0 Å². The zero-order valence-corrected chi connectivity index (χ0v) is 16.3. The molecule has 2 saturated heterocycles. The molecule has 146 valence electrons. The number of rotatable bonds is 3. The molecule has 0 amide bonds. The Hall–Kier alpha value is -3.12. The van der Waals surface area contributed by atoms with Gasteiger partial charge in [-0.15, -0.1) is 0 Å². The third kappa shape index (κ3) is 2.75. The van der Waals surface area contributed by atoms with Crippen LogP contribution in [0.25, 0.3) is 27.8 Å². The Morgan fingerprint density at radius 3 is 2.72 bits per heavy atom. The highest BCUT2D eigenvalue weighted by atomic mass is 16.6. The van der Waals surface area contributed by atoms with Crippen LogP contribution in [-0.4, -0.2) is 46.9 Å². The molecule has 2 aromatic heterocycles. The first-order valence-electron chi connectivity index (χ1n) is 10.0. The van der Waals surface area contributed by atoms with Crippen molar-refractivity contribution in [2.75, 3.05) is 31.7 Å². The number of anilines is 1. The second kappa shape index (κ2) is 6.19. The first kappa shape index (κ1) is 16.8. The monoisotopic (exact) mass is 386 g/mol. The Balaban J connectivity index is 1.43. The molecule has 6 rings (SSSR count). The van der Waals surface area contributed by atoms with E-state index in [4.69, 9.17) is 14.5 Å². The van der Waals surface area contributed by atoms with Crippen molar-refractivity contribution >= 4 is 27.6 Å². The average molecular weight is 386 g/mol. The number of benzene rings is 2. The Kier molecular flexibility index (Phi) is 3.59. The molecule has 2 aliphatic heterocycles. The van der Waals surface area contributed by atoms with Gasteiger partial charge in [-0.1, -0.05) is 12.1 Å². The molecular formula is C23H22N4O2. The number of fused-ring (bicyclic) bond motifs is 2. The summed E-state index contributed by atoms with van der Waals surface area (Å²) in [5.41, 5.74) is 4.32. The number of hydrogen-bond acceptors (Lipinski definition) is 5. The van der Waals surface area contributed by atoms with Crippen LogP contribution < -0.4 is 9.64 Å². The zero-order chi connectivity index (χ0) is 19.4. The van der Waals surface area contributed by atoms with Gasteiger partial charge in [0.05, 0.1) is 41.6 Å². The number of imidazole rings is 1. The molecule has 6 nitrogen and oxygen atoms in total. The van der Waals surface area contributed by atoms with E-state index in [-0.39, 0.29) is 5.60 Å². The lowest BCUT2D eigenvalue weighted by Gasteiger charge is -2.32. The molecule has 2 aromatic carbocycles. The number of para-hydroxylation sites is 1. The summed E-state index contributed by atoms with van der Waals surface area (Å²) in [6, 6.07) is 16.6. The molecule has 2 fully saturated rings. The number of methoxy groups -OCH3 is 1. The molecule has 0 bridgehead atoms. The quantitative estimate of drug-likeness (QED) is 0.499. The van der Waals surface area contributed by atoms with Gasteiger partial charge in [-0.05, 0) is 43.2 Å². The molecule has 1 spiro atoms. The molecule has 2 aliphatic rings. The number of nitrogens with zero attached hydrogens (tertiary/aromatic N) is 4. The summed E-state index contributed by atoms with van der Waals surface area (Å²) in [5.74, 6) is 1.68. The second-order valence-corrected chi connectivity index (χ2v) is 7.95. The number of ether oxygens (including phenoxy) is 2. The lowest BCUT2D eigenvalue weighted by atomic mass is 9.97. The fourth-order valence-corrected chi connectivity index (χ4v) is 4.36. The number of piperidine rings is 1. The predicted molar refractivity (Wildman–Crippen MR) is 113 cm³/mol. The molecule has 0 saturated carbocycles. The molecule has 0 unspecified atom stereocenters. The Labute approximate surface area is 168 Å². The fraction of sp³-hybridized carbons (Fsp3) is 0.304. The van der Waals surface area contributed by atoms with Crippen molar-refractivity contribution in [2.45, 2.75) is 18.4 Å². The van der Waals surface area contributed by atoms with Crippen molar-refractivity contribution in [3.63, 3.8) is 0 Å². The lowest BCUT2D eigenvalue weighted by molar-refractivity contribution is 0.259. The van der Waals surface area contributed by atoms with Crippen molar-refractivity contribution in [3.05, 3.63) is 54.9 Å². The van der Waals surface area contributed by atoms with E-state index in [1.165, 1.54) is 5.69 Å². The summed E-state index contributed by atoms with van der Waals surface area (Å²) in [7, 11) is 1.67. The Morgan fingerprint density at radius 2 is 1.93 bits per heavy atom. The summed E-state index contributed by atoms with van der Waals surface area (Å²) < 4.78 is 13.0. The van der Waals surface area contributed by atoms with E-state index in [2.05, 4.69) is 40.2 Å². The van der Waals surface area contributed by atoms with Gasteiger partial charge < -0.3 is 14.4 Å². The minimum Gasteiger partial charge on any atom is -0.497 e. The lowest BCUT2D eigenvalue weighted by Crippen LogP contribution is -2.37. The van der Waals surface area contributed by atoms with E-state index in [0.29, 0.717) is 0 Å². The molecule has 6 heteroatoms. The maximum Gasteiger partial charge on any atom is 0.139 e. The predicted octanol–water partition coefficient (Wildman–Crippen LogP) is 3.95. The van der Waals surface area contributed by atoms with Gasteiger partial charge in [-0.3, -0.25) is 4.57 Å².